The molecule has 1 saturated heterocycles. The molecule has 1 aliphatic carbocycles. The van der Waals surface area contributed by atoms with Gasteiger partial charge in [0.25, 0.3) is 0 Å². The summed E-state index contributed by atoms with van der Waals surface area (Å²) in [6.07, 6.45) is 17.1. The molecule has 2 aliphatic rings. The van der Waals surface area contributed by atoms with E-state index in [2.05, 4.69) is 5.32 Å². The summed E-state index contributed by atoms with van der Waals surface area (Å²) in [5, 5.41) is 3.87. The molecule has 0 aromatic heterocycles. The number of piperidine rings is 1. The van der Waals surface area contributed by atoms with E-state index in [0.717, 1.165) is 19.4 Å². The minimum atomic E-state index is 0.312. The molecule has 21 heavy (non-hydrogen) atoms. The molecule has 1 heterocycles. The standard InChI is InChI=1S/C18H34N2O/c1-20-15-17(13-14-18(20)21)19-16-11-9-7-5-3-2-4-6-8-10-12-16/h16-17,19H,2-15H2,1H3. The van der Waals surface area contributed by atoms with Gasteiger partial charge in [-0.2, -0.15) is 0 Å². The van der Waals surface area contributed by atoms with Crippen LogP contribution in [0.4, 0.5) is 0 Å². The number of rotatable bonds is 2. The first-order valence-electron chi connectivity index (χ1n) is 9.26. The predicted molar refractivity (Wildman–Crippen MR) is 88.4 cm³/mol. The fraction of sp³-hybridized carbons (Fsp3) is 0.944. The normalized spacial score (nSPS) is 28.0. The number of hydrogen-bond donors (Lipinski definition) is 1. The number of amides is 1. The summed E-state index contributed by atoms with van der Waals surface area (Å²) in [4.78, 5) is 13.5. The van der Waals surface area contributed by atoms with Crippen LogP contribution in [-0.2, 0) is 4.79 Å². The third-order valence-electron chi connectivity index (χ3n) is 5.20. The summed E-state index contributed by atoms with van der Waals surface area (Å²) in [5.41, 5.74) is 0. The number of hydrogen-bond acceptors (Lipinski definition) is 2. The van der Waals surface area contributed by atoms with Gasteiger partial charge in [0.1, 0.15) is 0 Å². The number of nitrogens with zero attached hydrogens (tertiary/aromatic N) is 1. The van der Waals surface area contributed by atoms with E-state index < -0.39 is 0 Å². The monoisotopic (exact) mass is 294 g/mol. The Morgan fingerprint density at radius 2 is 1.33 bits per heavy atom. The summed E-state index contributed by atoms with van der Waals surface area (Å²) in [6.45, 7) is 0.898. The van der Waals surface area contributed by atoms with E-state index in [9.17, 15) is 4.79 Å². The fourth-order valence-corrected chi connectivity index (χ4v) is 3.81. The zero-order valence-corrected chi connectivity index (χ0v) is 13.9. The van der Waals surface area contributed by atoms with E-state index >= 15 is 0 Å². The lowest BCUT2D eigenvalue weighted by atomic mass is 9.96. The van der Waals surface area contributed by atoms with Gasteiger partial charge in [0.05, 0.1) is 0 Å². The summed E-state index contributed by atoms with van der Waals surface area (Å²) in [6, 6.07) is 1.20. The van der Waals surface area contributed by atoms with Crippen LogP contribution >= 0.6 is 0 Å². The summed E-state index contributed by atoms with van der Waals surface area (Å²) >= 11 is 0. The molecular formula is C18H34N2O. The molecule has 1 N–H and O–H groups in total. The highest BCUT2D eigenvalue weighted by Gasteiger charge is 2.24. The zero-order valence-electron chi connectivity index (χ0n) is 13.9. The van der Waals surface area contributed by atoms with Crippen LogP contribution < -0.4 is 5.32 Å². The molecule has 0 bridgehead atoms. The molecule has 0 aromatic rings. The van der Waals surface area contributed by atoms with Gasteiger partial charge in [0, 0.05) is 32.1 Å². The van der Waals surface area contributed by atoms with Gasteiger partial charge < -0.3 is 10.2 Å². The van der Waals surface area contributed by atoms with Crippen molar-refractivity contribution in [3.63, 3.8) is 0 Å². The third-order valence-corrected chi connectivity index (χ3v) is 5.20. The molecule has 122 valence electrons. The average Bonchev–Trinajstić information content (AvgIpc) is 2.46. The number of likely N-dealkylation sites (tertiary alicyclic amines) is 1. The second-order valence-electron chi connectivity index (χ2n) is 7.13. The zero-order chi connectivity index (χ0) is 14.9. The maximum atomic E-state index is 11.6. The molecule has 2 rings (SSSR count). The van der Waals surface area contributed by atoms with Crippen molar-refractivity contribution in [3.8, 4) is 0 Å². The van der Waals surface area contributed by atoms with Crippen LogP contribution in [0, 0.1) is 0 Å². The van der Waals surface area contributed by atoms with E-state index in [4.69, 9.17) is 0 Å². The summed E-state index contributed by atoms with van der Waals surface area (Å²) < 4.78 is 0. The van der Waals surface area contributed by atoms with Crippen molar-refractivity contribution in [2.24, 2.45) is 0 Å². The van der Waals surface area contributed by atoms with Crippen LogP contribution in [0.1, 0.15) is 83.5 Å². The van der Waals surface area contributed by atoms with Crippen molar-refractivity contribution < 1.29 is 4.79 Å². The molecule has 3 nitrogen and oxygen atoms in total. The molecule has 1 atom stereocenters. The second kappa shape index (κ2) is 9.45. The molecule has 1 amide bonds. The molecule has 1 unspecified atom stereocenters. The minimum Gasteiger partial charge on any atom is -0.344 e. The lowest BCUT2D eigenvalue weighted by Crippen LogP contribution is -2.49. The van der Waals surface area contributed by atoms with Gasteiger partial charge in [-0.3, -0.25) is 4.79 Å². The van der Waals surface area contributed by atoms with Gasteiger partial charge in [-0.1, -0.05) is 57.8 Å². The smallest absolute Gasteiger partial charge is 0.222 e. The van der Waals surface area contributed by atoms with E-state index in [1.54, 1.807) is 0 Å². The first-order chi connectivity index (χ1) is 10.3. The molecule has 3 heteroatoms. The van der Waals surface area contributed by atoms with Crippen LogP contribution in [0.5, 0.6) is 0 Å². The largest absolute Gasteiger partial charge is 0.344 e. The first-order valence-corrected chi connectivity index (χ1v) is 9.26. The molecule has 2 fully saturated rings. The maximum Gasteiger partial charge on any atom is 0.222 e. The summed E-state index contributed by atoms with van der Waals surface area (Å²) in [7, 11) is 1.94. The topological polar surface area (TPSA) is 32.3 Å². The van der Waals surface area contributed by atoms with Gasteiger partial charge in [-0.15, -0.1) is 0 Å². The highest BCUT2D eigenvalue weighted by atomic mass is 16.2. The van der Waals surface area contributed by atoms with Crippen LogP contribution in [0.25, 0.3) is 0 Å². The Morgan fingerprint density at radius 3 is 1.86 bits per heavy atom. The lowest BCUT2D eigenvalue weighted by Gasteiger charge is -2.33. The Labute approximate surface area is 130 Å². The van der Waals surface area contributed by atoms with Gasteiger partial charge in [0.15, 0.2) is 0 Å². The van der Waals surface area contributed by atoms with Crippen molar-refractivity contribution in [3.05, 3.63) is 0 Å². The molecular weight excluding hydrogens is 260 g/mol. The van der Waals surface area contributed by atoms with E-state index in [1.165, 1.54) is 70.6 Å². The maximum absolute atomic E-state index is 11.6. The highest BCUT2D eigenvalue weighted by Crippen LogP contribution is 2.19. The third kappa shape index (κ3) is 6.37. The fourth-order valence-electron chi connectivity index (χ4n) is 3.81. The number of carbonyl (C=O) groups is 1. The predicted octanol–water partition coefficient (Wildman–Crippen LogP) is 3.87. The Balaban J connectivity index is 1.76. The Hall–Kier alpha value is -0.570. The van der Waals surface area contributed by atoms with Gasteiger partial charge >= 0.3 is 0 Å². The molecule has 0 radical (unpaired) electrons. The highest BCUT2D eigenvalue weighted by molar-refractivity contribution is 5.76. The van der Waals surface area contributed by atoms with Crippen LogP contribution in [0.2, 0.25) is 0 Å². The van der Waals surface area contributed by atoms with Crippen LogP contribution in [0.3, 0.4) is 0 Å². The van der Waals surface area contributed by atoms with Crippen molar-refractivity contribution in [2.45, 2.75) is 95.6 Å². The second-order valence-corrected chi connectivity index (χ2v) is 7.13. The first kappa shape index (κ1) is 16.8. The van der Waals surface area contributed by atoms with E-state index in [1.807, 2.05) is 11.9 Å². The van der Waals surface area contributed by atoms with Crippen LogP contribution in [-0.4, -0.2) is 36.5 Å². The van der Waals surface area contributed by atoms with Crippen molar-refractivity contribution in [1.29, 1.82) is 0 Å². The van der Waals surface area contributed by atoms with Gasteiger partial charge in [-0.25, -0.2) is 0 Å². The molecule has 0 aromatic carbocycles. The SMILES string of the molecule is CN1CC(NC2CCCCCCCCCCC2)CCC1=O. The average molecular weight is 294 g/mol. The Bertz CT molecular complexity index is 294. The molecule has 0 spiro atoms. The Kier molecular flexibility index (Phi) is 7.56. The van der Waals surface area contributed by atoms with Crippen molar-refractivity contribution in [2.75, 3.05) is 13.6 Å². The van der Waals surface area contributed by atoms with Gasteiger partial charge in [0.2, 0.25) is 5.91 Å². The van der Waals surface area contributed by atoms with Crippen molar-refractivity contribution >= 4 is 5.91 Å². The van der Waals surface area contributed by atoms with Crippen molar-refractivity contribution in [1.82, 2.24) is 10.2 Å². The van der Waals surface area contributed by atoms with Crippen LogP contribution in [0.15, 0.2) is 0 Å². The summed E-state index contributed by atoms with van der Waals surface area (Å²) in [5.74, 6) is 0.312. The Morgan fingerprint density at radius 1 is 0.810 bits per heavy atom. The van der Waals surface area contributed by atoms with Gasteiger partial charge in [-0.05, 0) is 19.3 Å². The molecule has 1 aliphatic heterocycles. The molecule has 1 saturated carbocycles. The van der Waals surface area contributed by atoms with E-state index in [-0.39, 0.29) is 0 Å². The van der Waals surface area contributed by atoms with E-state index in [0.29, 0.717) is 18.0 Å². The number of likely N-dealkylation sites (N-methyl/N-ethyl adjacent to an activating group) is 1. The quantitative estimate of drug-likeness (QED) is 0.838. The number of carbonyl (C=O) groups excluding carboxylic acids is 1. The lowest BCUT2D eigenvalue weighted by molar-refractivity contribution is -0.132. The minimum absolute atomic E-state index is 0.312. The number of nitrogens with one attached hydrogen (secondary N) is 1.